The summed E-state index contributed by atoms with van der Waals surface area (Å²) in [5.41, 5.74) is 0.394. The minimum absolute atomic E-state index is 0.394. The molecule has 13 heavy (non-hydrogen) atoms. The summed E-state index contributed by atoms with van der Waals surface area (Å²) in [5, 5.41) is 3.58. The highest BCUT2D eigenvalue weighted by molar-refractivity contribution is 4.75. The number of rotatable bonds is 6. The van der Waals surface area contributed by atoms with Crippen molar-refractivity contribution in [2.45, 2.75) is 66.3 Å². The lowest BCUT2D eigenvalue weighted by Crippen LogP contribution is -2.38. The maximum absolute atomic E-state index is 3.58. The molecule has 0 aromatic heterocycles. The molecule has 0 aliphatic carbocycles. The quantitative estimate of drug-likeness (QED) is 0.624. The monoisotopic (exact) mass is 185 g/mol. The third-order valence-electron chi connectivity index (χ3n) is 2.78. The van der Waals surface area contributed by atoms with Crippen LogP contribution in [0.2, 0.25) is 0 Å². The van der Waals surface area contributed by atoms with Crippen LogP contribution in [-0.4, -0.2) is 12.6 Å². The van der Waals surface area contributed by atoms with Crippen molar-refractivity contribution in [2.75, 3.05) is 6.54 Å². The average Bonchev–Trinajstić information content (AvgIpc) is 2.02. The maximum atomic E-state index is 3.58. The lowest BCUT2D eigenvalue weighted by atomic mass is 9.88. The van der Waals surface area contributed by atoms with Crippen LogP contribution in [0, 0.1) is 5.41 Å². The highest BCUT2D eigenvalue weighted by atomic mass is 14.9. The van der Waals surface area contributed by atoms with E-state index in [9.17, 15) is 0 Å². The van der Waals surface area contributed by atoms with Crippen molar-refractivity contribution in [3.8, 4) is 0 Å². The molecular weight excluding hydrogens is 158 g/mol. The van der Waals surface area contributed by atoms with E-state index in [-0.39, 0.29) is 0 Å². The lowest BCUT2D eigenvalue weighted by molar-refractivity contribution is 0.285. The topological polar surface area (TPSA) is 12.0 Å². The Hall–Kier alpha value is -0.0400. The van der Waals surface area contributed by atoms with Gasteiger partial charge in [-0.3, -0.25) is 0 Å². The molecule has 0 aliphatic rings. The van der Waals surface area contributed by atoms with Gasteiger partial charge in [0, 0.05) is 6.04 Å². The van der Waals surface area contributed by atoms with Crippen molar-refractivity contribution in [3.05, 3.63) is 0 Å². The van der Waals surface area contributed by atoms with Gasteiger partial charge in [-0.05, 0) is 25.3 Å². The van der Waals surface area contributed by atoms with Crippen molar-refractivity contribution in [3.63, 3.8) is 0 Å². The van der Waals surface area contributed by atoms with Crippen molar-refractivity contribution < 1.29 is 0 Å². The molecule has 1 heteroatoms. The molecule has 0 radical (unpaired) electrons. The first-order valence-electron chi connectivity index (χ1n) is 5.72. The van der Waals surface area contributed by atoms with E-state index in [2.05, 4.69) is 39.9 Å². The van der Waals surface area contributed by atoms with Crippen LogP contribution in [0.3, 0.4) is 0 Å². The van der Waals surface area contributed by atoms with Gasteiger partial charge in [0.15, 0.2) is 0 Å². The fourth-order valence-corrected chi connectivity index (χ4v) is 1.18. The second-order valence-electron chi connectivity index (χ2n) is 5.10. The van der Waals surface area contributed by atoms with Crippen molar-refractivity contribution in [1.82, 2.24) is 5.32 Å². The van der Waals surface area contributed by atoms with Crippen molar-refractivity contribution in [1.29, 1.82) is 0 Å². The van der Waals surface area contributed by atoms with Crippen LogP contribution in [0.25, 0.3) is 0 Å². The van der Waals surface area contributed by atoms with Crippen LogP contribution in [0.4, 0.5) is 0 Å². The molecule has 0 saturated heterocycles. The van der Waals surface area contributed by atoms with Gasteiger partial charge in [-0.25, -0.2) is 0 Å². The van der Waals surface area contributed by atoms with Gasteiger partial charge in [-0.1, -0.05) is 47.0 Å². The summed E-state index contributed by atoms with van der Waals surface area (Å²) in [6.07, 6.45) is 5.41. The molecule has 1 N–H and O–H groups in total. The standard InChI is InChI=1S/C12H27N/c1-6-7-8-9-10-13-11(2)12(3,4)5/h11,13H,6-10H2,1-5H3. The number of hydrogen-bond donors (Lipinski definition) is 1. The van der Waals surface area contributed by atoms with Crippen LogP contribution in [0.15, 0.2) is 0 Å². The van der Waals surface area contributed by atoms with Gasteiger partial charge in [0.2, 0.25) is 0 Å². The Morgan fingerprint density at radius 3 is 2.15 bits per heavy atom. The molecule has 0 aliphatic heterocycles. The predicted molar refractivity (Wildman–Crippen MR) is 61.1 cm³/mol. The van der Waals surface area contributed by atoms with Gasteiger partial charge in [-0.15, -0.1) is 0 Å². The van der Waals surface area contributed by atoms with Gasteiger partial charge < -0.3 is 5.32 Å². The fraction of sp³-hybridized carbons (Fsp3) is 1.00. The second kappa shape index (κ2) is 6.42. The highest BCUT2D eigenvalue weighted by Crippen LogP contribution is 2.18. The Kier molecular flexibility index (Phi) is 6.40. The molecule has 0 aromatic carbocycles. The number of unbranched alkanes of at least 4 members (excludes halogenated alkanes) is 3. The fourth-order valence-electron chi connectivity index (χ4n) is 1.18. The zero-order valence-corrected chi connectivity index (χ0v) is 10.1. The van der Waals surface area contributed by atoms with Crippen molar-refractivity contribution >= 4 is 0 Å². The van der Waals surface area contributed by atoms with Crippen LogP contribution in [0.5, 0.6) is 0 Å². The van der Waals surface area contributed by atoms with E-state index in [1.54, 1.807) is 0 Å². The second-order valence-corrected chi connectivity index (χ2v) is 5.10. The van der Waals surface area contributed by atoms with E-state index in [1.165, 1.54) is 32.2 Å². The molecular formula is C12H27N. The third kappa shape index (κ3) is 7.06. The van der Waals surface area contributed by atoms with Gasteiger partial charge in [0.05, 0.1) is 0 Å². The zero-order chi connectivity index (χ0) is 10.3. The molecule has 1 atom stereocenters. The van der Waals surface area contributed by atoms with E-state index < -0.39 is 0 Å². The van der Waals surface area contributed by atoms with Gasteiger partial charge in [0.1, 0.15) is 0 Å². The van der Waals surface area contributed by atoms with Crippen molar-refractivity contribution in [2.24, 2.45) is 5.41 Å². The zero-order valence-electron chi connectivity index (χ0n) is 10.1. The van der Waals surface area contributed by atoms with Gasteiger partial charge >= 0.3 is 0 Å². The third-order valence-corrected chi connectivity index (χ3v) is 2.78. The first kappa shape index (κ1) is 13.0. The van der Waals surface area contributed by atoms with E-state index in [1.807, 2.05) is 0 Å². The Morgan fingerprint density at radius 2 is 1.69 bits per heavy atom. The lowest BCUT2D eigenvalue weighted by Gasteiger charge is -2.28. The summed E-state index contributed by atoms with van der Waals surface area (Å²) in [5.74, 6) is 0. The molecule has 0 amide bonds. The highest BCUT2D eigenvalue weighted by Gasteiger charge is 2.18. The molecule has 0 heterocycles. The van der Waals surface area contributed by atoms with Crippen LogP contribution in [-0.2, 0) is 0 Å². The van der Waals surface area contributed by atoms with Crippen LogP contribution >= 0.6 is 0 Å². The summed E-state index contributed by atoms with van der Waals surface area (Å²) in [6, 6.07) is 0.620. The van der Waals surface area contributed by atoms with E-state index in [0.29, 0.717) is 11.5 Å². The van der Waals surface area contributed by atoms with E-state index >= 15 is 0 Å². The molecule has 0 saturated carbocycles. The summed E-state index contributed by atoms with van der Waals surface area (Å²) >= 11 is 0. The molecule has 0 bridgehead atoms. The summed E-state index contributed by atoms with van der Waals surface area (Å²) in [6.45, 7) is 12.6. The molecule has 0 aromatic rings. The summed E-state index contributed by atoms with van der Waals surface area (Å²) < 4.78 is 0. The van der Waals surface area contributed by atoms with E-state index in [4.69, 9.17) is 0 Å². The smallest absolute Gasteiger partial charge is 0.00872 e. The Morgan fingerprint density at radius 1 is 1.08 bits per heavy atom. The molecule has 0 fully saturated rings. The summed E-state index contributed by atoms with van der Waals surface area (Å²) in [4.78, 5) is 0. The van der Waals surface area contributed by atoms with Gasteiger partial charge in [-0.2, -0.15) is 0 Å². The first-order valence-corrected chi connectivity index (χ1v) is 5.72. The normalized spacial score (nSPS) is 14.5. The van der Waals surface area contributed by atoms with Gasteiger partial charge in [0.25, 0.3) is 0 Å². The molecule has 0 rings (SSSR count). The Bertz CT molecular complexity index is 113. The number of nitrogens with one attached hydrogen (secondary N) is 1. The number of hydrogen-bond acceptors (Lipinski definition) is 1. The molecule has 1 unspecified atom stereocenters. The molecule has 1 nitrogen and oxygen atoms in total. The first-order chi connectivity index (χ1) is 5.98. The molecule has 80 valence electrons. The Balaban J connectivity index is 3.32. The SMILES string of the molecule is CCCCCCNC(C)C(C)(C)C. The predicted octanol–water partition coefficient (Wildman–Crippen LogP) is 3.59. The Labute approximate surface area is 84.3 Å². The summed E-state index contributed by atoms with van der Waals surface area (Å²) in [7, 11) is 0. The maximum Gasteiger partial charge on any atom is 0.00872 e. The minimum atomic E-state index is 0.394. The van der Waals surface area contributed by atoms with E-state index in [0.717, 1.165) is 0 Å². The molecule has 0 spiro atoms. The minimum Gasteiger partial charge on any atom is -0.314 e. The average molecular weight is 185 g/mol. The van der Waals surface area contributed by atoms with Crippen LogP contribution in [0.1, 0.15) is 60.3 Å². The largest absolute Gasteiger partial charge is 0.314 e. The van der Waals surface area contributed by atoms with Crippen LogP contribution < -0.4 is 5.32 Å².